The highest BCUT2D eigenvalue weighted by atomic mass is 35.5. The molecule has 3 aromatic carbocycles. The van der Waals surface area contributed by atoms with E-state index in [9.17, 15) is 35.9 Å². The van der Waals surface area contributed by atoms with Gasteiger partial charge in [0.25, 0.3) is 11.8 Å². The van der Waals surface area contributed by atoms with Crippen LogP contribution in [0.5, 0.6) is 5.75 Å². The van der Waals surface area contributed by atoms with Crippen LogP contribution in [0.4, 0.5) is 37.7 Å². The zero-order chi connectivity index (χ0) is 26.3. The van der Waals surface area contributed by atoms with E-state index in [1.54, 1.807) is 24.3 Å². The summed E-state index contributed by atoms with van der Waals surface area (Å²) < 4.78 is 84.2. The number of anilines is 2. The molecule has 1 N–H and O–H groups in total. The Bertz CT molecular complexity index is 1290. The van der Waals surface area contributed by atoms with Gasteiger partial charge in [-0.05, 0) is 54.1 Å². The van der Waals surface area contributed by atoms with E-state index < -0.39 is 40.9 Å². The number of hydrogen-bond acceptors (Lipinski definition) is 3. The molecule has 4 rings (SSSR count). The van der Waals surface area contributed by atoms with Gasteiger partial charge in [0.05, 0.1) is 23.4 Å². The van der Waals surface area contributed by atoms with Crippen molar-refractivity contribution in [1.82, 2.24) is 0 Å². The molecule has 0 bridgehead atoms. The highest BCUT2D eigenvalue weighted by Gasteiger charge is 2.37. The van der Waals surface area contributed by atoms with Gasteiger partial charge in [-0.25, -0.2) is 0 Å². The smallest absolute Gasteiger partial charge is 0.416 e. The third kappa shape index (κ3) is 5.56. The highest BCUT2D eigenvalue weighted by molar-refractivity contribution is 6.30. The lowest BCUT2D eigenvalue weighted by atomic mass is 10.0. The fraction of sp³-hybridized carbons (Fsp3) is 0.167. The topological polar surface area (TPSA) is 58.6 Å². The summed E-state index contributed by atoms with van der Waals surface area (Å²) in [5, 5.41) is 2.79. The van der Waals surface area contributed by atoms with Crippen LogP contribution in [0, 0.1) is 0 Å². The van der Waals surface area contributed by atoms with Gasteiger partial charge in [-0.1, -0.05) is 23.7 Å². The number of rotatable bonds is 4. The maximum atomic E-state index is 13.1. The Morgan fingerprint density at radius 3 is 2.11 bits per heavy atom. The van der Waals surface area contributed by atoms with Crippen LogP contribution in [0.25, 0.3) is 0 Å². The van der Waals surface area contributed by atoms with Crippen LogP contribution in [0.3, 0.4) is 0 Å². The molecule has 0 aromatic heterocycles. The Labute approximate surface area is 205 Å². The van der Waals surface area contributed by atoms with Gasteiger partial charge in [0.15, 0.2) is 6.61 Å². The number of halogens is 7. The summed E-state index contributed by atoms with van der Waals surface area (Å²) in [6, 6.07) is 11.4. The number of nitrogens with one attached hydrogen (secondary N) is 1. The van der Waals surface area contributed by atoms with E-state index in [-0.39, 0.29) is 30.6 Å². The van der Waals surface area contributed by atoms with Gasteiger partial charge in [0, 0.05) is 16.3 Å². The lowest BCUT2D eigenvalue weighted by Gasteiger charge is -2.30. The fourth-order valence-electron chi connectivity index (χ4n) is 3.51. The van der Waals surface area contributed by atoms with E-state index in [0.717, 1.165) is 5.56 Å². The molecule has 0 saturated heterocycles. The molecule has 188 valence electrons. The molecule has 2 amide bonds. The molecular weight excluding hydrogens is 514 g/mol. The molecule has 0 unspecified atom stereocenters. The summed E-state index contributed by atoms with van der Waals surface area (Å²) in [4.78, 5) is 26.5. The second-order valence-corrected chi connectivity index (χ2v) is 8.26. The van der Waals surface area contributed by atoms with Gasteiger partial charge in [-0.15, -0.1) is 0 Å². The third-order valence-corrected chi connectivity index (χ3v) is 5.52. The van der Waals surface area contributed by atoms with Crippen molar-refractivity contribution in [3.8, 4) is 5.75 Å². The van der Waals surface area contributed by atoms with Crippen LogP contribution in [-0.2, 0) is 23.7 Å². The molecule has 3 aromatic rings. The van der Waals surface area contributed by atoms with E-state index in [1.807, 2.05) is 0 Å². The number of hydrogen-bond donors (Lipinski definition) is 1. The van der Waals surface area contributed by atoms with Crippen LogP contribution in [-0.4, -0.2) is 18.4 Å². The zero-order valence-corrected chi connectivity index (χ0v) is 18.8. The Morgan fingerprint density at radius 1 is 0.917 bits per heavy atom. The molecule has 0 atom stereocenters. The average Bonchev–Trinajstić information content (AvgIpc) is 2.81. The Kier molecular flexibility index (Phi) is 6.61. The van der Waals surface area contributed by atoms with Gasteiger partial charge < -0.3 is 15.0 Å². The lowest BCUT2D eigenvalue weighted by molar-refractivity contribution is -0.143. The molecule has 0 saturated carbocycles. The van der Waals surface area contributed by atoms with Crippen LogP contribution in [0.15, 0.2) is 60.7 Å². The third-order valence-electron chi connectivity index (χ3n) is 5.26. The SMILES string of the molecule is O=C(Nc1ccc2c(c1)N(Cc1ccc(Cl)cc1)C(=O)CO2)c1cc(C(F)(F)F)cc(C(F)(F)F)c1. The maximum absolute atomic E-state index is 13.1. The van der Waals surface area contributed by atoms with Crippen molar-refractivity contribution >= 4 is 34.8 Å². The Morgan fingerprint density at radius 2 is 1.53 bits per heavy atom. The quantitative estimate of drug-likeness (QED) is 0.390. The summed E-state index contributed by atoms with van der Waals surface area (Å²) >= 11 is 5.89. The first kappa shape index (κ1) is 25.4. The summed E-state index contributed by atoms with van der Waals surface area (Å²) in [5.74, 6) is -1.28. The van der Waals surface area contributed by atoms with Gasteiger partial charge in [-0.3, -0.25) is 9.59 Å². The largest absolute Gasteiger partial charge is 0.482 e. The summed E-state index contributed by atoms with van der Waals surface area (Å²) in [6.07, 6.45) is -10.2. The second kappa shape index (κ2) is 9.38. The van der Waals surface area contributed by atoms with Crippen molar-refractivity contribution in [2.75, 3.05) is 16.8 Å². The fourth-order valence-corrected chi connectivity index (χ4v) is 3.64. The minimum Gasteiger partial charge on any atom is -0.482 e. The number of nitrogens with zero attached hydrogens (tertiary/aromatic N) is 1. The number of alkyl halides is 6. The highest BCUT2D eigenvalue weighted by Crippen LogP contribution is 2.38. The van der Waals surface area contributed by atoms with Gasteiger partial charge in [-0.2, -0.15) is 26.3 Å². The van der Waals surface area contributed by atoms with Crippen molar-refractivity contribution < 1.29 is 40.7 Å². The summed E-state index contributed by atoms with van der Waals surface area (Å²) in [6.45, 7) is -0.108. The monoisotopic (exact) mass is 528 g/mol. The molecule has 0 aliphatic carbocycles. The van der Waals surface area contributed by atoms with E-state index in [4.69, 9.17) is 16.3 Å². The summed E-state index contributed by atoms with van der Waals surface area (Å²) in [7, 11) is 0. The van der Waals surface area contributed by atoms with E-state index in [2.05, 4.69) is 5.32 Å². The molecule has 5 nitrogen and oxygen atoms in total. The first-order valence-electron chi connectivity index (χ1n) is 10.2. The van der Waals surface area contributed by atoms with Crippen LogP contribution < -0.4 is 15.0 Å². The van der Waals surface area contributed by atoms with Crippen molar-refractivity contribution in [3.05, 3.63) is 87.9 Å². The van der Waals surface area contributed by atoms with Gasteiger partial charge in [0.2, 0.25) is 0 Å². The Hall–Kier alpha value is -3.73. The lowest BCUT2D eigenvalue weighted by Crippen LogP contribution is -2.38. The zero-order valence-electron chi connectivity index (χ0n) is 18.0. The van der Waals surface area contributed by atoms with Crippen molar-refractivity contribution in [3.63, 3.8) is 0 Å². The molecular formula is C24H15ClF6N2O3. The minimum absolute atomic E-state index is 0.0316. The Balaban J connectivity index is 1.64. The average molecular weight is 529 g/mol. The van der Waals surface area contributed by atoms with Crippen molar-refractivity contribution in [2.24, 2.45) is 0 Å². The number of carbonyl (C=O) groups excluding carboxylic acids is 2. The molecule has 1 heterocycles. The number of amides is 2. The van der Waals surface area contributed by atoms with Gasteiger partial charge in [0.1, 0.15) is 5.75 Å². The molecule has 36 heavy (non-hydrogen) atoms. The number of carbonyl (C=O) groups is 2. The predicted octanol–water partition coefficient (Wildman–Crippen LogP) is 6.56. The van der Waals surface area contributed by atoms with Gasteiger partial charge >= 0.3 is 12.4 Å². The molecule has 0 fully saturated rings. The first-order chi connectivity index (χ1) is 16.8. The normalized spacial score (nSPS) is 13.8. The molecule has 1 aliphatic heterocycles. The van der Waals surface area contributed by atoms with Crippen molar-refractivity contribution in [2.45, 2.75) is 18.9 Å². The standard InChI is InChI=1S/C24H15ClF6N2O3/c25-17-3-1-13(2-4-17)11-33-19-10-18(5-6-20(19)36-12-21(33)34)32-22(35)14-7-15(23(26,27)28)9-16(8-14)24(29,30)31/h1-10H,11-12H2,(H,32,35). The van der Waals surface area contributed by atoms with E-state index in [0.29, 0.717) is 22.9 Å². The first-order valence-corrected chi connectivity index (χ1v) is 10.6. The van der Waals surface area contributed by atoms with E-state index in [1.165, 1.54) is 23.1 Å². The minimum atomic E-state index is -5.10. The molecule has 0 radical (unpaired) electrons. The molecule has 0 spiro atoms. The van der Waals surface area contributed by atoms with Crippen molar-refractivity contribution in [1.29, 1.82) is 0 Å². The number of benzene rings is 3. The van der Waals surface area contributed by atoms with Crippen LogP contribution in [0.1, 0.15) is 27.0 Å². The van der Waals surface area contributed by atoms with Crippen LogP contribution >= 0.6 is 11.6 Å². The second-order valence-electron chi connectivity index (χ2n) is 7.83. The molecule has 12 heteroatoms. The van der Waals surface area contributed by atoms with E-state index >= 15 is 0 Å². The van der Waals surface area contributed by atoms with Crippen LogP contribution in [0.2, 0.25) is 5.02 Å². The number of ether oxygens (including phenoxy) is 1. The number of fused-ring (bicyclic) bond motifs is 1. The summed E-state index contributed by atoms with van der Waals surface area (Å²) in [5.41, 5.74) is -3.02. The predicted molar refractivity (Wildman–Crippen MR) is 119 cm³/mol. The molecule has 1 aliphatic rings. The maximum Gasteiger partial charge on any atom is 0.416 e.